The SMILES string of the molecule is CCCN(CCC)C(=O)c1ccccc1OC(F)F. The van der Waals surface area contributed by atoms with E-state index < -0.39 is 6.61 Å². The molecule has 0 radical (unpaired) electrons. The van der Waals surface area contributed by atoms with E-state index in [0.717, 1.165) is 12.8 Å². The molecule has 0 saturated carbocycles. The fraction of sp³-hybridized carbons (Fsp3) is 0.500. The maximum absolute atomic E-state index is 12.3. The van der Waals surface area contributed by atoms with Crippen LogP contribution in [0.2, 0.25) is 0 Å². The Morgan fingerprint density at radius 2 is 1.79 bits per heavy atom. The Kier molecular flexibility index (Phi) is 6.25. The lowest BCUT2D eigenvalue weighted by Crippen LogP contribution is -2.32. The highest BCUT2D eigenvalue weighted by atomic mass is 19.3. The first-order valence-corrected chi connectivity index (χ1v) is 6.43. The largest absolute Gasteiger partial charge is 0.434 e. The zero-order valence-corrected chi connectivity index (χ0v) is 11.2. The molecule has 0 saturated heterocycles. The summed E-state index contributed by atoms with van der Waals surface area (Å²) < 4.78 is 29.0. The van der Waals surface area contributed by atoms with Crippen molar-refractivity contribution in [2.24, 2.45) is 0 Å². The predicted molar refractivity (Wildman–Crippen MR) is 69.6 cm³/mol. The van der Waals surface area contributed by atoms with Crippen LogP contribution in [-0.4, -0.2) is 30.5 Å². The first kappa shape index (κ1) is 15.4. The summed E-state index contributed by atoms with van der Waals surface area (Å²) in [5.41, 5.74) is 0.185. The topological polar surface area (TPSA) is 29.5 Å². The van der Waals surface area contributed by atoms with Gasteiger partial charge in [0.05, 0.1) is 5.56 Å². The zero-order chi connectivity index (χ0) is 14.3. The Bertz CT molecular complexity index is 404. The van der Waals surface area contributed by atoms with Crippen molar-refractivity contribution in [1.82, 2.24) is 4.90 Å². The normalized spacial score (nSPS) is 10.6. The number of hydrogen-bond acceptors (Lipinski definition) is 2. The first-order chi connectivity index (χ1) is 9.10. The molecule has 0 aliphatic heterocycles. The molecule has 0 aliphatic rings. The van der Waals surface area contributed by atoms with Crippen LogP contribution in [0.25, 0.3) is 0 Å². The molecule has 0 heterocycles. The number of benzene rings is 1. The van der Waals surface area contributed by atoms with Gasteiger partial charge in [-0.3, -0.25) is 4.79 Å². The molecule has 3 nitrogen and oxygen atoms in total. The number of rotatable bonds is 7. The van der Waals surface area contributed by atoms with Gasteiger partial charge in [-0.2, -0.15) is 8.78 Å². The third kappa shape index (κ3) is 4.50. The molecule has 0 bridgehead atoms. The summed E-state index contributed by atoms with van der Waals surface area (Å²) in [5.74, 6) is -0.334. The average molecular weight is 271 g/mol. The lowest BCUT2D eigenvalue weighted by molar-refractivity contribution is -0.0502. The van der Waals surface area contributed by atoms with E-state index in [-0.39, 0.29) is 17.2 Å². The second kappa shape index (κ2) is 7.71. The summed E-state index contributed by atoms with van der Waals surface area (Å²) >= 11 is 0. The van der Waals surface area contributed by atoms with Crippen molar-refractivity contribution in [3.05, 3.63) is 29.8 Å². The van der Waals surface area contributed by atoms with Crippen LogP contribution in [0.4, 0.5) is 8.78 Å². The molecular weight excluding hydrogens is 252 g/mol. The summed E-state index contributed by atoms with van der Waals surface area (Å²) in [6.45, 7) is 2.22. The van der Waals surface area contributed by atoms with E-state index >= 15 is 0 Å². The fourth-order valence-electron chi connectivity index (χ4n) is 1.87. The van der Waals surface area contributed by atoms with Crippen molar-refractivity contribution >= 4 is 5.91 Å². The van der Waals surface area contributed by atoms with Crippen LogP contribution in [0.15, 0.2) is 24.3 Å². The Balaban J connectivity index is 2.96. The van der Waals surface area contributed by atoms with Crippen molar-refractivity contribution in [2.75, 3.05) is 13.1 Å². The van der Waals surface area contributed by atoms with Crippen molar-refractivity contribution in [3.8, 4) is 5.75 Å². The second-order valence-corrected chi connectivity index (χ2v) is 4.17. The molecule has 0 fully saturated rings. The van der Waals surface area contributed by atoms with Gasteiger partial charge in [0.15, 0.2) is 0 Å². The van der Waals surface area contributed by atoms with E-state index in [4.69, 9.17) is 0 Å². The minimum absolute atomic E-state index is 0.0697. The molecule has 0 aromatic heterocycles. The quantitative estimate of drug-likeness (QED) is 0.759. The molecule has 106 valence electrons. The molecular formula is C14H19F2NO2. The number of alkyl halides is 2. The van der Waals surface area contributed by atoms with Crippen LogP contribution < -0.4 is 4.74 Å². The van der Waals surface area contributed by atoms with Crippen LogP contribution in [-0.2, 0) is 0 Å². The number of carbonyl (C=O) groups is 1. The number of nitrogens with zero attached hydrogens (tertiary/aromatic N) is 1. The van der Waals surface area contributed by atoms with Crippen LogP contribution in [0.5, 0.6) is 5.75 Å². The number of para-hydroxylation sites is 1. The summed E-state index contributed by atoms with van der Waals surface area (Å²) in [5, 5.41) is 0. The summed E-state index contributed by atoms with van der Waals surface area (Å²) in [6.07, 6.45) is 1.65. The Morgan fingerprint density at radius 3 is 2.32 bits per heavy atom. The van der Waals surface area contributed by atoms with E-state index in [1.807, 2.05) is 13.8 Å². The summed E-state index contributed by atoms with van der Waals surface area (Å²) in [6, 6.07) is 6.11. The Morgan fingerprint density at radius 1 is 1.21 bits per heavy atom. The van der Waals surface area contributed by atoms with Crippen LogP contribution in [0, 0.1) is 0 Å². The third-order valence-corrected chi connectivity index (χ3v) is 2.61. The van der Waals surface area contributed by atoms with E-state index in [1.54, 1.807) is 17.0 Å². The molecule has 19 heavy (non-hydrogen) atoms. The van der Waals surface area contributed by atoms with Crippen LogP contribution in [0.1, 0.15) is 37.0 Å². The van der Waals surface area contributed by atoms with Gasteiger partial charge in [-0.1, -0.05) is 26.0 Å². The van der Waals surface area contributed by atoms with Gasteiger partial charge in [0.2, 0.25) is 0 Å². The Labute approximate surface area is 112 Å². The standard InChI is InChI=1S/C14H19F2NO2/c1-3-9-17(10-4-2)13(18)11-7-5-6-8-12(11)19-14(15)16/h5-8,14H,3-4,9-10H2,1-2H3. The average Bonchev–Trinajstić information content (AvgIpc) is 2.38. The molecule has 5 heteroatoms. The van der Waals surface area contributed by atoms with Crippen molar-refractivity contribution in [3.63, 3.8) is 0 Å². The lowest BCUT2D eigenvalue weighted by Gasteiger charge is -2.22. The van der Waals surface area contributed by atoms with Crippen LogP contribution in [0.3, 0.4) is 0 Å². The van der Waals surface area contributed by atoms with E-state index in [1.165, 1.54) is 12.1 Å². The molecule has 0 atom stereocenters. The molecule has 1 amide bonds. The molecule has 0 spiro atoms. The zero-order valence-electron chi connectivity index (χ0n) is 11.2. The predicted octanol–water partition coefficient (Wildman–Crippen LogP) is 3.55. The monoisotopic (exact) mass is 271 g/mol. The maximum Gasteiger partial charge on any atom is 0.387 e. The minimum atomic E-state index is -2.93. The highest BCUT2D eigenvalue weighted by molar-refractivity contribution is 5.96. The van der Waals surface area contributed by atoms with Crippen molar-refractivity contribution < 1.29 is 18.3 Å². The van der Waals surface area contributed by atoms with Gasteiger partial charge >= 0.3 is 6.61 Å². The maximum atomic E-state index is 12.3. The first-order valence-electron chi connectivity index (χ1n) is 6.43. The molecule has 0 unspecified atom stereocenters. The molecule has 0 aliphatic carbocycles. The van der Waals surface area contributed by atoms with Crippen molar-refractivity contribution in [2.45, 2.75) is 33.3 Å². The lowest BCUT2D eigenvalue weighted by atomic mass is 10.1. The van der Waals surface area contributed by atoms with Gasteiger partial charge in [-0.25, -0.2) is 0 Å². The smallest absolute Gasteiger partial charge is 0.387 e. The number of ether oxygens (including phenoxy) is 1. The summed E-state index contributed by atoms with van der Waals surface area (Å²) in [4.78, 5) is 14.0. The second-order valence-electron chi connectivity index (χ2n) is 4.17. The van der Waals surface area contributed by atoms with E-state index in [0.29, 0.717) is 13.1 Å². The third-order valence-electron chi connectivity index (χ3n) is 2.61. The van der Waals surface area contributed by atoms with Gasteiger partial charge in [-0.05, 0) is 25.0 Å². The van der Waals surface area contributed by atoms with E-state index in [9.17, 15) is 13.6 Å². The highest BCUT2D eigenvalue weighted by Gasteiger charge is 2.19. The molecule has 1 aromatic rings. The molecule has 1 aromatic carbocycles. The number of halogens is 2. The number of carbonyl (C=O) groups excluding carboxylic acids is 1. The number of amides is 1. The molecule has 0 N–H and O–H groups in total. The highest BCUT2D eigenvalue weighted by Crippen LogP contribution is 2.22. The molecule has 1 rings (SSSR count). The van der Waals surface area contributed by atoms with Gasteiger partial charge in [0, 0.05) is 13.1 Å². The van der Waals surface area contributed by atoms with Gasteiger partial charge in [-0.15, -0.1) is 0 Å². The van der Waals surface area contributed by atoms with Crippen LogP contribution >= 0.6 is 0 Å². The fourth-order valence-corrected chi connectivity index (χ4v) is 1.87. The van der Waals surface area contributed by atoms with Gasteiger partial charge in [0.25, 0.3) is 5.91 Å². The van der Waals surface area contributed by atoms with Gasteiger partial charge in [0.1, 0.15) is 5.75 Å². The van der Waals surface area contributed by atoms with Gasteiger partial charge < -0.3 is 9.64 Å². The number of hydrogen-bond donors (Lipinski definition) is 0. The minimum Gasteiger partial charge on any atom is -0.434 e. The van der Waals surface area contributed by atoms with E-state index in [2.05, 4.69) is 4.74 Å². The summed E-state index contributed by atoms with van der Waals surface area (Å²) in [7, 11) is 0. The van der Waals surface area contributed by atoms with Crippen molar-refractivity contribution in [1.29, 1.82) is 0 Å². The Hall–Kier alpha value is -1.65.